The fourth-order valence-electron chi connectivity index (χ4n) is 1.85. The van der Waals surface area contributed by atoms with Crippen LogP contribution in [0.15, 0.2) is 0 Å². The molecule has 0 aromatic carbocycles. The van der Waals surface area contributed by atoms with Gasteiger partial charge >= 0.3 is 0 Å². The van der Waals surface area contributed by atoms with Crippen LogP contribution in [0.1, 0.15) is 13.8 Å². The second-order valence-corrected chi connectivity index (χ2v) is 12.6. The molecule has 26 heavy (non-hydrogen) atoms. The van der Waals surface area contributed by atoms with Crippen molar-refractivity contribution in [3.8, 4) is 0 Å². The summed E-state index contributed by atoms with van der Waals surface area (Å²) in [6, 6.07) is 0. The van der Waals surface area contributed by atoms with Gasteiger partial charge in [0.15, 0.2) is 0 Å². The van der Waals surface area contributed by atoms with Gasteiger partial charge in [-0.15, -0.1) is 0 Å². The van der Waals surface area contributed by atoms with Gasteiger partial charge in [0.2, 0.25) is 9.70 Å². The molecule has 154 valence electrons. The molecule has 2 N–H and O–H groups in total. The Balaban J connectivity index is 5.06. The van der Waals surface area contributed by atoms with E-state index >= 15 is 0 Å². The molecule has 0 aromatic heterocycles. The van der Waals surface area contributed by atoms with Gasteiger partial charge in [0, 0.05) is 13.1 Å². The monoisotopic (exact) mass is 485 g/mol. The molecule has 0 spiro atoms. The van der Waals surface area contributed by atoms with E-state index in [0.717, 1.165) is 13.1 Å². The number of alkyl halides is 3. The van der Waals surface area contributed by atoms with E-state index in [1.165, 1.54) is 21.1 Å². The van der Waals surface area contributed by atoms with Crippen LogP contribution in [-0.4, -0.2) is 81.5 Å². The molecule has 1 unspecified atom stereocenters. The molecule has 0 heterocycles. The van der Waals surface area contributed by atoms with E-state index in [4.69, 9.17) is 47.0 Å². The third-order valence-corrected chi connectivity index (χ3v) is 8.30. The lowest BCUT2D eigenvalue weighted by molar-refractivity contribution is -0.119. The summed E-state index contributed by atoms with van der Waals surface area (Å²) in [5.74, 6) is -0.333. The SMILES string of the molecule is CCN(CC)C(=S)SCC(=O)NC(NP(=O)(N(C)C)N(C)C)C(Cl)(Cl)Cl. The van der Waals surface area contributed by atoms with Crippen LogP contribution in [0, 0.1) is 0 Å². The first-order valence-corrected chi connectivity index (χ1v) is 11.9. The van der Waals surface area contributed by atoms with Crippen LogP contribution in [0.4, 0.5) is 0 Å². The van der Waals surface area contributed by atoms with Crippen molar-refractivity contribution in [2.24, 2.45) is 0 Å². The summed E-state index contributed by atoms with van der Waals surface area (Å²) in [6.45, 7) is 5.49. The van der Waals surface area contributed by atoms with Crippen LogP contribution in [0.2, 0.25) is 0 Å². The van der Waals surface area contributed by atoms with Crippen molar-refractivity contribution < 1.29 is 9.36 Å². The Hall–Kier alpha value is 0.690. The van der Waals surface area contributed by atoms with Gasteiger partial charge < -0.3 is 10.2 Å². The number of amides is 1. The molecule has 0 saturated carbocycles. The number of carbonyl (C=O) groups excluding carboxylic acids is 1. The number of nitrogens with one attached hydrogen (secondary N) is 2. The molecule has 0 aromatic rings. The Morgan fingerprint density at radius 1 is 1.15 bits per heavy atom. The molecule has 0 rings (SSSR count). The van der Waals surface area contributed by atoms with Gasteiger partial charge in [-0.25, -0.2) is 14.4 Å². The predicted octanol–water partition coefficient (Wildman–Crippen LogP) is 2.98. The van der Waals surface area contributed by atoms with E-state index in [1.54, 1.807) is 28.2 Å². The van der Waals surface area contributed by atoms with Crippen LogP contribution in [0.25, 0.3) is 0 Å². The molecule has 0 fully saturated rings. The predicted molar refractivity (Wildman–Crippen MR) is 118 cm³/mol. The maximum atomic E-state index is 13.1. The molecular formula is C13H27Cl3N5O2PS2. The van der Waals surface area contributed by atoms with E-state index in [9.17, 15) is 9.36 Å². The summed E-state index contributed by atoms with van der Waals surface area (Å²) in [7, 11) is 3.29. The number of carbonyl (C=O) groups is 1. The standard InChI is InChI=1S/C13H27Cl3N5O2PS2/c1-7-21(8-2)12(25)26-9-10(22)17-11(13(14,15)16)18-24(23,19(3)4)20(5)6/h11H,7-9H2,1-6H3,(H,17,22)(H,18,23). The second-order valence-electron chi connectivity index (χ2n) is 5.64. The number of nitrogens with zero attached hydrogens (tertiary/aromatic N) is 3. The van der Waals surface area contributed by atoms with Gasteiger partial charge in [0.05, 0.1) is 5.75 Å². The molecule has 0 saturated heterocycles. The van der Waals surface area contributed by atoms with Crippen molar-refractivity contribution in [3.05, 3.63) is 0 Å². The Labute approximate surface area is 181 Å². The van der Waals surface area contributed by atoms with Crippen molar-refractivity contribution in [2.75, 3.05) is 47.0 Å². The molecule has 0 aliphatic heterocycles. The van der Waals surface area contributed by atoms with Crippen molar-refractivity contribution in [1.82, 2.24) is 24.6 Å². The third kappa shape index (κ3) is 8.37. The molecule has 0 bridgehead atoms. The molecule has 0 radical (unpaired) electrons. The summed E-state index contributed by atoms with van der Waals surface area (Å²) in [5, 5.41) is 5.34. The number of thiocarbonyl (C=S) groups is 1. The van der Waals surface area contributed by atoms with Crippen LogP contribution >= 0.6 is 66.4 Å². The first-order valence-electron chi connectivity index (χ1n) is 7.80. The normalized spacial score (nSPS) is 13.8. The number of thioether (sulfide) groups is 1. The first-order chi connectivity index (χ1) is 11.8. The Morgan fingerprint density at radius 3 is 1.96 bits per heavy atom. The fourth-order valence-corrected chi connectivity index (χ4v) is 5.39. The average molecular weight is 487 g/mol. The zero-order valence-corrected chi connectivity index (χ0v) is 20.5. The van der Waals surface area contributed by atoms with E-state index in [-0.39, 0.29) is 5.75 Å². The topological polar surface area (TPSA) is 67.9 Å². The molecular weight excluding hydrogens is 460 g/mol. The van der Waals surface area contributed by atoms with Crippen molar-refractivity contribution in [2.45, 2.75) is 23.8 Å². The summed E-state index contributed by atoms with van der Waals surface area (Å²) in [5.41, 5.74) is 0. The molecule has 13 heteroatoms. The number of hydrogen-bond acceptors (Lipinski definition) is 4. The molecule has 7 nitrogen and oxygen atoms in total. The second kappa shape index (κ2) is 11.6. The Morgan fingerprint density at radius 2 is 1.62 bits per heavy atom. The summed E-state index contributed by atoms with van der Waals surface area (Å²) < 4.78 is 14.7. The fraction of sp³-hybridized carbons (Fsp3) is 0.846. The van der Waals surface area contributed by atoms with E-state index in [0.29, 0.717) is 4.32 Å². The highest BCUT2D eigenvalue weighted by Gasteiger charge is 2.41. The van der Waals surface area contributed by atoms with Gasteiger partial charge in [0.25, 0.3) is 7.59 Å². The Bertz CT molecular complexity index is 518. The quantitative estimate of drug-likeness (QED) is 0.223. The van der Waals surface area contributed by atoms with Gasteiger partial charge in [0.1, 0.15) is 10.5 Å². The maximum absolute atomic E-state index is 13.1. The van der Waals surface area contributed by atoms with Crippen LogP contribution in [0.5, 0.6) is 0 Å². The van der Waals surface area contributed by atoms with Crippen LogP contribution in [0.3, 0.4) is 0 Å². The summed E-state index contributed by atoms with van der Waals surface area (Å²) in [6.07, 6.45) is -1.15. The Kier molecular flexibility index (Phi) is 11.9. The van der Waals surface area contributed by atoms with Gasteiger partial charge in [-0.1, -0.05) is 58.8 Å². The lowest BCUT2D eigenvalue weighted by atomic mass is 10.5. The number of rotatable bonds is 9. The highest BCUT2D eigenvalue weighted by Crippen LogP contribution is 2.47. The molecule has 0 aliphatic rings. The van der Waals surface area contributed by atoms with Crippen molar-refractivity contribution >= 4 is 76.6 Å². The van der Waals surface area contributed by atoms with E-state index in [2.05, 4.69) is 10.4 Å². The summed E-state index contributed by atoms with van der Waals surface area (Å²) in [4.78, 5) is 14.2. The average Bonchev–Trinajstić information content (AvgIpc) is 2.51. The zero-order valence-electron chi connectivity index (χ0n) is 15.8. The summed E-state index contributed by atoms with van der Waals surface area (Å²) >= 11 is 24.4. The van der Waals surface area contributed by atoms with Crippen LogP contribution in [-0.2, 0) is 9.36 Å². The molecule has 1 atom stereocenters. The minimum absolute atomic E-state index is 0.0580. The maximum Gasteiger partial charge on any atom is 0.285 e. The van der Waals surface area contributed by atoms with Gasteiger partial charge in [-0.05, 0) is 42.0 Å². The van der Waals surface area contributed by atoms with Crippen molar-refractivity contribution in [3.63, 3.8) is 0 Å². The van der Waals surface area contributed by atoms with Gasteiger partial charge in [-0.3, -0.25) is 9.36 Å². The van der Waals surface area contributed by atoms with Gasteiger partial charge in [-0.2, -0.15) is 0 Å². The highest BCUT2D eigenvalue weighted by atomic mass is 35.6. The largest absolute Gasteiger partial charge is 0.358 e. The van der Waals surface area contributed by atoms with E-state index in [1.807, 2.05) is 18.7 Å². The third-order valence-electron chi connectivity index (χ3n) is 3.36. The minimum Gasteiger partial charge on any atom is -0.358 e. The lowest BCUT2D eigenvalue weighted by Gasteiger charge is -2.36. The molecule has 1 amide bonds. The zero-order chi connectivity index (χ0) is 20.7. The van der Waals surface area contributed by atoms with Crippen molar-refractivity contribution in [1.29, 1.82) is 0 Å². The lowest BCUT2D eigenvalue weighted by Crippen LogP contribution is -2.54. The highest BCUT2D eigenvalue weighted by molar-refractivity contribution is 8.23. The van der Waals surface area contributed by atoms with E-state index < -0.39 is 23.5 Å². The molecule has 0 aliphatic carbocycles. The smallest absolute Gasteiger partial charge is 0.285 e. The minimum atomic E-state index is -3.23. The first kappa shape index (κ1) is 26.7. The number of halogens is 3. The van der Waals surface area contributed by atoms with Crippen LogP contribution < -0.4 is 10.4 Å². The number of hydrogen-bond donors (Lipinski definition) is 2.